The number of benzene rings is 1. The highest BCUT2D eigenvalue weighted by atomic mass is 19.3. The Morgan fingerprint density at radius 2 is 1.93 bits per heavy atom. The second-order valence-electron chi connectivity index (χ2n) is 2.96. The Balaban J connectivity index is 2.98. The van der Waals surface area contributed by atoms with Crippen LogP contribution in [0.5, 0.6) is 11.5 Å². The van der Waals surface area contributed by atoms with E-state index >= 15 is 0 Å². The van der Waals surface area contributed by atoms with Crippen LogP contribution in [-0.2, 0) is 0 Å². The summed E-state index contributed by atoms with van der Waals surface area (Å²) >= 11 is 0. The Kier molecular flexibility index (Phi) is 3.85. The summed E-state index contributed by atoms with van der Waals surface area (Å²) < 4.78 is 33.0. The summed E-state index contributed by atoms with van der Waals surface area (Å²) in [6, 6.07) is 4.31. The van der Waals surface area contributed by atoms with E-state index in [1.807, 2.05) is 0 Å². The van der Waals surface area contributed by atoms with Crippen molar-refractivity contribution in [3.8, 4) is 11.5 Å². The van der Waals surface area contributed by atoms with Crippen molar-refractivity contribution in [2.24, 2.45) is 0 Å². The van der Waals surface area contributed by atoms with Crippen molar-refractivity contribution >= 4 is 0 Å². The van der Waals surface area contributed by atoms with Crippen LogP contribution in [0.25, 0.3) is 0 Å². The number of methoxy groups -OCH3 is 1. The first-order valence-electron chi connectivity index (χ1n) is 4.35. The Morgan fingerprint density at radius 3 is 2.40 bits per heavy atom. The van der Waals surface area contributed by atoms with E-state index in [1.165, 1.54) is 25.3 Å². The first-order valence-corrected chi connectivity index (χ1v) is 4.35. The van der Waals surface area contributed by atoms with E-state index in [4.69, 9.17) is 4.74 Å². The minimum absolute atomic E-state index is 0.0445. The van der Waals surface area contributed by atoms with E-state index in [-0.39, 0.29) is 11.5 Å². The van der Waals surface area contributed by atoms with Crippen molar-refractivity contribution in [2.45, 2.75) is 19.6 Å². The fourth-order valence-electron chi connectivity index (χ4n) is 1.14. The zero-order valence-electron chi connectivity index (χ0n) is 8.41. The van der Waals surface area contributed by atoms with Crippen molar-refractivity contribution in [3.63, 3.8) is 0 Å². The molecule has 0 heterocycles. The number of halogens is 2. The Morgan fingerprint density at radius 1 is 1.27 bits per heavy atom. The molecule has 0 spiro atoms. The van der Waals surface area contributed by atoms with Crippen molar-refractivity contribution < 1.29 is 23.4 Å². The van der Waals surface area contributed by atoms with Crippen molar-refractivity contribution in [1.29, 1.82) is 0 Å². The molecule has 1 N–H and O–H groups in total. The van der Waals surface area contributed by atoms with E-state index in [0.717, 1.165) is 0 Å². The molecule has 0 amide bonds. The van der Waals surface area contributed by atoms with Gasteiger partial charge in [0, 0.05) is 0 Å². The topological polar surface area (TPSA) is 38.7 Å². The molecule has 0 aliphatic heterocycles. The van der Waals surface area contributed by atoms with Crippen molar-refractivity contribution in [2.75, 3.05) is 7.11 Å². The first-order chi connectivity index (χ1) is 7.04. The molecule has 1 rings (SSSR count). The third kappa shape index (κ3) is 3.06. The Labute approximate surface area is 86.2 Å². The summed E-state index contributed by atoms with van der Waals surface area (Å²) in [6.45, 7) is -1.32. The number of aliphatic hydroxyl groups excluding tert-OH is 1. The maximum Gasteiger partial charge on any atom is 0.387 e. The maximum absolute atomic E-state index is 12.0. The van der Waals surface area contributed by atoms with Gasteiger partial charge in [-0.2, -0.15) is 8.78 Å². The van der Waals surface area contributed by atoms with Crippen molar-refractivity contribution in [1.82, 2.24) is 0 Å². The highest BCUT2D eigenvalue weighted by molar-refractivity contribution is 5.43. The largest absolute Gasteiger partial charge is 0.493 e. The molecule has 5 heteroatoms. The number of ether oxygens (including phenoxy) is 2. The molecule has 0 saturated carbocycles. The van der Waals surface area contributed by atoms with Crippen LogP contribution in [0.2, 0.25) is 0 Å². The lowest BCUT2D eigenvalue weighted by molar-refractivity contribution is -0.0512. The quantitative estimate of drug-likeness (QED) is 0.843. The molecule has 0 aliphatic carbocycles. The summed E-state index contributed by atoms with van der Waals surface area (Å²) in [6.07, 6.45) is -0.681. The maximum atomic E-state index is 12.0. The van der Waals surface area contributed by atoms with Crippen LogP contribution >= 0.6 is 0 Å². The van der Waals surface area contributed by atoms with Crippen molar-refractivity contribution in [3.05, 3.63) is 23.8 Å². The summed E-state index contributed by atoms with van der Waals surface area (Å²) in [7, 11) is 1.35. The standard InChI is InChI=1S/C10H12F2O3/c1-6(13)7-3-4-8(15-10(11)12)9(5-7)14-2/h3-6,10,13H,1-2H3. The van der Waals surface area contributed by atoms with Gasteiger partial charge >= 0.3 is 6.61 Å². The van der Waals surface area contributed by atoms with Gasteiger partial charge in [-0.25, -0.2) is 0 Å². The molecule has 3 nitrogen and oxygen atoms in total. The molecule has 15 heavy (non-hydrogen) atoms. The van der Waals surface area contributed by atoms with Gasteiger partial charge in [0.1, 0.15) is 0 Å². The van der Waals surface area contributed by atoms with Gasteiger partial charge in [0.2, 0.25) is 0 Å². The number of rotatable bonds is 4. The lowest BCUT2D eigenvalue weighted by Crippen LogP contribution is -2.04. The molecule has 1 atom stereocenters. The minimum atomic E-state index is -2.89. The van der Waals surface area contributed by atoms with Crippen LogP contribution in [0.4, 0.5) is 8.78 Å². The monoisotopic (exact) mass is 218 g/mol. The molecular weight excluding hydrogens is 206 g/mol. The number of hydrogen-bond donors (Lipinski definition) is 1. The van der Waals surface area contributed by atoms with Gasteiger partial charge in [-0.05, 0) is 24.6 Å². The van der Waals surface area contributed by atoms with Crippen LogP contribution in [0.1, 0.15) is 18.6 Å². The van der Waals surface area contributed by atoms with E-state index in [9.17, 15) is 13.9 Å². The smallest absolute Gasteiger partial charge is 0.387 e. The van der Waals surface area contributed by atoms with Gasteiger partial charge in [-0.15, -0.1) is 0 Å². The molecule has 0 aromatic heterocycles. The molecule has 0 bridgehead atoms. The fraction of sp³-hybridized carbons (Fsp3) is 0.400. The average Bonchev–Trinajstić information content (AvgIpc) is 2.17. The summed E-state index contributed by atoms with van der Waals surface area (Å²) in [5.41, 5.74) is 0.577. The van der Waals surface area contributed by atoms with E-state index in [2.05, 4.69) is 4.74 Å². The van der Waals surface area contributed by atoms with Gasteiger partial charge < -0.3 is 14.6 Å². The molecule has 84 valence electrons. The predicted molar refractivity (Wildman–Crippen MR) is 50.3 cm³/mol. The van der Waals surface area contributed by atoms with Crippen LogP contribution in [0.3, 0.4) is 0 Å². The molecule has 1 aromatic carbocycles. The van der Waals surface area contributed by atoms with Crippen LogP contribution < -0.4 is 9.47 Å². The van der Waals surface area contributed by atoms with Gasteiger partial charge in [0.25, 0.3) is 0 Å². The van der Waals surface area contributed by atoms with Gasteiger partial charge in [-0.3, -0.25) is 0 Å². The van der Waals surface area contributed by atoms with Gasteiger partial charge in [-0.1, -0.05) is 6.07 Å². The lowest BCUT2D eigenvalue weighted by Gasteiger charge is -2.12. The molecule has 0 aliphatic rings. The van der Waals surface area contributed by atoms with E-state index in [0.29, 0.717) is 5.56 Å². The number of aliphatic hydroxyl groups is 1. The lowest BCUT2D eigenvalue weighted by atomic mass is 10.1. The molecular formula is C10H12F2O3. The molecule has 0 radical (unpaired) electrons. The van der Waals surface area contributed by atoms with E-state index < -0.39 is 12.7 Å². The SMILES string of the molecule is COc1cc(C(C)O)ccc1OC(F)F. The first kappa shape index (κ1) is 11.7. The second-order valence-corrected chi connectivity index (χ2v) is 2.96. The molecule has 0 saturated heterocycles. The Hall–Kier alpha value is -1.36. The second kappa shape index (κ2) is 4.93. The van der Waals surface area contributed by atoms with E-state index in [1.54, 1.807) is 6.92 Å². The van der Waals surface area contributed by atoms with Crippen LogP contribution in [-0.4, -0.2) is 18.8 Å². The zero-order chi connectivity index (χ0) is 11.4. The average molecular weight is 218 g/mol. The van der Waals surface area contributed by atoms with Gasteiger partial charge in [0.15, 0.2) is 11.5 Å². The third-order valence-electron chi connectivity index (χ3n) is 1.89. The highest BCUT2D eigenvalue weighted by Gasteiger charge is 2.12. The van der Waals surface area contributed by atoms with Crippen LogP contribution in [0.15, 0.2) is 18.2 Å². The number of alkyl halides is 2. The fourth-order valence-corrected chi connectivity index (χ4v) is 1.14. The normalized spacial score (nSPS) is 12.7. The zero-order valence-corrected chi connectivity index (χ0v) is 8.41. The molecule has 1 aromatic rings. The molecule has 0 fully saturated rings. The highest BCUT2D eigenvalue weighted by Crippen LogP contribution is 2.31. The summed E-state index contributed by atoms with van der Waals surface area (Å²) in [4.78, 5) is 0. The number of hydrogen-bond acceptors (Lipinski definition) is 3. The van der Waals surface area contributed by atoms with Gasteiger partial charge in [0.05, 0.1) is 13.2 Å². The summed E-state index contributed by atoms with van der Waals surface area (Å²) in [5.74, 6) is 0.130. The summed E-state index contributed by atoms with van der Waals surface area (Å²) in [5, 5.41) is 9.27. The minimum Gasteiger partial charge on any atom is -0.493 e. The third-order valence-corrected chi connectivity index (χ3v) is 1.89. The molecule has 1 unspecified atom stereocenters. The Bertz CT molecular complexity index is 326. The van der Waals surface area contributed by atoms with Crippen LogP contribution in [0, 0.1) is 0 Å². The predicted octanol–water partition coefficient (Wildman–Crippen LogP) is 2.35.